The van der Waals surface area contributed by atoms with Crippen molar-refractivity contribution >= 4 is 10.8 Å². The van der Waals surface area contributed by atoms with E-state index in [-0.39, 0.29) is 0 Å². The molecule has 0 fully saturated rings. The number of nitrogens with zero attached hydrogens (tertiary/aromatic N) is 3. The first-order valence-electron chi connectivity index (χ1n) is 10.7. The van der Waals surface area contributed by atoms with E-state index in [4.69, 9.17) is 0 Å². The molecule has 0 N–H and O–H groups in total. The van der Waals surface area contributed by atoms with Crippen LogP contribution in [-0.4, -0.2) is 9.97 Å². The van der Waals surface area contributed by atoms with Crippen molar-refractivity contribution in [3.63, 3.8) is 0 Å². The van der Waals surface area contributed by atoms with Crippen molar-refractivity contribution in [2.45, 2.75) is 41.0 Å². The largest absolute Gasteiger partial charge is 0.241 e. The first-order chi connectivity index (χ1) is 14.3. The Hall–Kier alpha value is -3.07. The quantitative estimate of drug-likeness (QED) is 0.401. The third-order valence-electron chi connectivity index (χ3n) is 5.84. The third kappa shape index (κ3) is 3.85. The van der Waals surface area contributed by atoms with Gasteiger partial charge in [-0.05, 0) is 60.9 Å². The fourth-order valence-corrected chi connectivity index (χ4v) is 4.14. The van der Waals surface area contributed by atoms with E-state index in [2.05, 4.69) is 98.8 Å². The van der Waals surface area contributed by atoms with Crippen LogP contribution < -0.4 is 4.57 Å². The van der Waals surface area contributed by atoms with Crippen molar-refractivity contribution in [1.29, 1.82) is 0 Å². The lowest BCUT2D eigenvalue weighted by Crippen LogP contribution is -2.30. The number of rotatable bonds is 4. The second kappa shape index (κ2) is 7.98. The number of hydrogen-bond donors (Lipinski definition) is 0. The molecule has 0 radical (unpaired) electrons. The summed E-state index contributed by atoms with van der Waals surface area (Å²) in [5.41, 5.74) is 8.68. The summed E-state index contributed by atoms with van der Waals surface area (Å²) in [7, 11) is 2.13. The van der Waals surface area contributed by atoms with Crippen LogP contribution in [0.3, 0.4) is 0 Å². The number of aryl methyl sites for hydroxylation is 3. The van der Waals surface area contributed by atoms with Gasteiger partial charge in [-0.3, -0.25) is 0 Å². The van der Waals surface area contributed by atoms with E-state index >= 15 is 0 Å². The molecule has 0 saturated carbocycles. The maximum atomic E-state index is 4.59. The Morgan fingerprint density at radius 3 is 2.33 bits per heavy atom. The fourth-order valence-electron chi connectivity index (χ4n) is 4.14. The zero-order chi connectivity index (χ0) is 21.4. The molecule has 4 aromatic rings. The zero-order valence-electron chi connectivity index (χ0n) is 18.8. The molecule has 2 aromatic heterocycles. The monoisotopic (exact) mass is 396 g/mol. The van der Waals surface area contributed by atoms with Gasteiger partial charge in [0.1, 0.15) is 12.9 Å². The average molecular weight is 397 g/mol. The molecule has 152 valence electrons. The molecule has 0 aliphatic carbocycles. The van der Waals surface area contributed by atoms with Gasteiger partial charge in [0, 0.05) is 30.4 Å². The summed E-state index contributed by atoms with van der Waals surface area (Å²) in [4.78, 5) is 9.19. The van der Waals surface area contributed by atoms with E-state index in [1.165, 1.54) is 38.7 Å². The van der Waals surface area contributed by atoms with Gasteiger partial charge in [-0.15, -0.1) is 0 Å². The highest BCUT2D eigenvalue weighted by Crippen LogP contribution is 2.32. The topological polar surface area (TPSA) is 29.7 Å². The highest BCUT2D eigenvalue weighted by molar-refractivity contribution is 5.96. The molecule has 0 atom stereocenters. The molecule has 0 bridgehead atoms. The molecule has 0 spiro atoms. The van der Waals surface area contributed by atoms with Crippen LogP contribution >= 0.6 is 0 Å². The second-order valence-corrected chi connectivity index (χ2v) is 8.82. The molecule has 30 heavy (non-hydrogen) atoms. The molecule has 0 amide bonds. The molecular formula is C27H30N3+. The van der Waals surface area contributed by atoms with E-state index in [1.54, 1.807) is 0 Å². The molecular weight excluding hydrogens is 366 g/mol. The Bertz CT molecular complexity index is 1220. The Morgan fingerprint density at radius 1 is 0.900 bits per heavy atom. The molecule has 0 aliphatic rings. The molecule has 0 aliphatic heterocycles. The predicted octanol–water partition coefficient (Wildman–Crippen LogP) is 5.91. The Morgan fingerprint density at radius 2 is 1.63 bits per heavy atom. The SMILES string of the molecule is Cc1cc(C)c(C)c(-c2c3cc(-c4cnc(CC(C)C)nc4)ccc3cc[n+]2C)c1. The molecule has 0 saturated heterocycles. The van der Waals surface area contributed by atoms with Crippen LogP contribution in [0.4, 0.5) is 0 Å². The summed E-state index contributed by atoms with van der Waals surface area (Å²) in [6.07, 6.45) is 6.97. The van der Waals surface area contributed by atoms with Crippen molar-refractivity contribution in [3.8, 4) is 22.4 Å². The van der Waals surface area contributed by atoms with E-state index in [1.807, 2.05) is 12.4 Å². The van der Waals surface area contributed by atoms with Crippen LogP contribution in [0, 0.1) is 26.7 Å². The minimum atomic E-state index is 0.556. The van der Waals surface area contributed by atoms with Crippen molar-refractivity contribution < 1.29 is 4.57 Å². The summed E-state index contributed by atoms with van der Waals surface area (Å²) < 4.78 is 2.23. The molecule has 3 heteroatoms. The van der Waals surface area contributed by atoms with E-state index in [9.17, 15) is 0 Å². The summed E-state index contributed by atoms with van der Waals surface area (Å²) >= 11 is 0. The van der Waals surface area contributed by atoms with E-state index in [0.29, 0.717) is 5.92 Å². The van der Waals surface area contributed by atoms with Gasteiger partial charge in [0.05, 0.1) is 10.9 Å². The lowest BCUT2D eigenvalue weighted by atomic mass is 9.93. The highest BCUT2D eigenvalue weighted by Gasteiger charge is 2.19. The van der Waals surface area contributed by atoms with E-state index in [0.717, 1.165) is 23.4 Å². The highest BCUT2D eigenvalue weighted by atomic mass is 14.9. The van der Waals surface area contributed by atoms with Crippen molar-refractivity contribution in [2.24, 2.45) is 13.0 Å². The van der Waals surface area contributed by atoms with Crippen LogP contribution in [0.2, 0.25) is 0 Å². The number of hydrogen-bond acceptors (Lipinski definition) is 2. The summed E-state index contributed by atoms with van der Waals surface area (Å²) in [6, 6.07) is 13.4. The number of benzene rings is 2. The van der Waals surface area contributed by atoms with Crippen LogP contribution in [0.25, 0.3) is 33.2 Å². The Labute approximate surface area is 179 Å². The van der Waals surface area contributed by atoms with Gasteiger partial charge < -0.3 is 0 Å². The van der Waals surface area contributed by atoms with Crippen LogP contribution in [0.15, 0.2) is 55.0 Å². The van der Waals surface area contributed by atoms with Gasteiger partial charge in [-0.25, -0.2) is 14.5 Å². The molecule has 4 rings (SSSR count). The maximum Gasteiger partial charge on any atom is 0.220 e. The van der Waals surface area contributed by atoms with Crippen molar-refractivity contribution in [3.05, 3.63) is 77.5 Å². The zero-order valence-corrected chi connectivity index (χ0v) is 18.8. The minimum absolute atomic E-state index is 0.556. The van der Waals surface area contributed by atoms with Crippen LogP contribution in [-0.2, 0) is 13.5 Å². The Kier molecular flexibility index (Phi) is 5.38. The first-order valence-corrected chi connectivity index (χ1v) is 10.7. The van der Waals surface area contributed by atoms with Gasteiger partial charge >= 0.3 is 0 Å². The second-order valence-electron chi connectivity index (χ2n) is 8.82. The molecule has 2 aromatic carbocycles. The summed E-state index contributed by atoms with van der Waals surface area (Å²) in [5, 5.41) is 2.49. The Balaban J connectivity index is 1.88. The molecule has 2 heterocycles. The van der Waals surface area contributed by atoms with Gasteiger partial charge in [-0.1, -0.05) is 37.6 Å². The first kappa shape index (κ1) is 20.2. The lowest BCUT2D eigenvalue weighted by molar-refractivity contribution is -0.659. The fraction of sp³-hybridized carbons (Fsp3) is 0.296. The van der Waals surface area contributed by atoms with Gasteiger partial charge in [0.2, 0.25) is 5.69 Å². The number of fused-ring (bicyclic) bond motifs is 1. The van der Waals surface area contributed by atoms with Gasteiger partial charge in [-0.2, -0.15) is 0 Å². The van der Waals surface area contributed by atoms with Crippen molar-refractivity contribution in [1.82, 2.24) is 9.97 Å². The van der Waals surface area contributed by atoms with Gasteiger partial charge in [0.15, 0.2) is 6.20 Å². The normalized spacial score (nSPS) is 11.4. The lowest BCUT2D eigenvalue weighted by Gasteiger charge is -2.12. The third-order valence-corrected chi connectivity index (χ3v) is 5.84. The maximum absolute atomic E-state index is 4.59. The van der Waals surface area contributed by atoms with E-state index < -0.39 is 0 Å². The standard InChI is InChI=1S/C27H30N3/c1-17(2)11-26-28-15-23(16-29-26)22-8-7-21-9-10-30(6)27(25(21)14-22)24-13-18(3)12-19(4)20(24)5/h7-10,12-17H,11H2,1-6H3/q+1. The predicted molar refractivity (Wildman–Crippen MR) is 124 cm³/mol. The average Bonchev–Trinajstić information content (AvgIpc) is 2.71. The molecule has 3 nitrogen and oxygen atoms in total. The van der Waals surface area contributed by atoms with Crippen LogP contribution in [0.5, 0.6) is 0 Å². The summed E-state index contributed by atoms with van der Waals surface area (Å²) in [5.74, 6) is 1.47. The number of pyridine rings is 1. The number of aromatic nitrogens is 3. The minimum Gasteiger partial charge on any atom is -0.241 e. The molecule has 0 unspecified atom stereocenters. The van der Waals surface area contributed by atoms with Crippen molar-refractivity contribution in [2.75, 3.05) is 0 Å². The van der Waals surface area contributed by atoms with Gasteiger partial charge in [0.25, 0.3) is 0 Å². The smallest absolute Gasteiger partial charge is 0.220 e. The van der Waals surface area contributed by atoms with Crippen LogP contribution in [0.1, 0.15) is 36.4 Å². The summed E-state index contributed by atoms with van der Waals surface area (Å²) in [6.45, 7) is 11.0.